The number of alkyl halides is 1. The van der Waals surface area contributed by atoms with Crippen molar-refractivity contribution in [2.75, 3.05) is 0 Å². The van der Waals surface area contributed by atoms with Crippen molar-refractivity contribution in [2.45, 2.75) is 18.8 Å². The first kappa shape index (κ1) is 12.2. The zero-order valence-corrected chi connectivity index (χ0v) is 10.8. The predicted molar refractivity (Wildman–Crippen MR) is 68.5 cm³/mol. The van der Waals surface area contributed by atoms with Crippen molar-refractivity contribution in [1.82, 2.24) is 5.32 Å². The Bertz CT molecular complexity index is 492. The average molecular weight is 270 g/mol. The van der Waals surface area contributed by atoms with Crippen molar-refractivity contribution < 1.29 is 9.21 Å². The van der Waals surface area contributed by atoms with Gasteiger partial charge >= 0.3 is 0 Å². The van der Waals surface area contributed by atoms with Gasteiger partial charge in [-0.15, -0.1) is 22.9 Å². The van der Waals surface area contributed by atoms with Crippen LogP contribution in [-0.4, -0.2) is 5.91 Å². The van der Waals surface area contributed by atoms with Gasteiger partial charge in [0.25, 0.3) is 5.91 Å². The Labute approximate surface area is 108 Å². The van der Waals surface area contributed by atoms with E-state index >= 15 is 0 Å². The van der Waals surface area contributed by atoms with Gasteiger partial charge in [0.2, 0.25) is 0 Å². The summed E-state index contributed by atoms with van der Waals surface area (Å²) in [5.74, 6) is 0.945. The molecule has 0 spiro atoms. The highest BCUT2D eigenvalue weighted by molar-refractivity contribution is 7.10. The van der Waals surface area contributed by atoms with E-state index in [0.717, 1.165) is 4.88 Å². The molecule has 0 aromatic carbocycles. The van der Waals surface area contributed by atoms with Gasteiger partial charge in [0.05, 0.1) is 11.9 Å². The van der Waals surface area contributed by atoms with E-state index in [9.17, 15) is 4.79 Å². The second-order valence-corrected chi connectivity index (χ2v) is 4.86. The minimum atomic E-state index is -0.220. The number of thiophene rings is 1. The number of halogens is 1. The first-order chi connectivity index (χ1) is 8.20. The molecule has 0 radical (unpaired) electrons. The van der Waals surface area contributed by atoms with Crippen LogP contribution in [0.4, 0.5) is 0 Å². The molecule has 2 heterocycles. The summed E-state index contributed by atoms with van der Waals surface area (Å²) in [6, 6.07) is 7.27. The van der Waals surface area contributed by atoms with Crippen LogP contribution >= 0.6 is 22.9 Å². The third-order valence-electron chi connectivity index (χ3n) is 2.33. The molecular weight excluding hydrogens is 258 g/mol. The van der Waals surface area contributed by atoms with Crippen LogP contribution in [0.3, 0.4) is 0 Å². The minimum absolute atomic E-state index is 0.0212. The number of furan rings is 1. The van der Waals surface area contributed by atoms with Gasteiger partial charge in [-0.05, 0) is 30.5 Å². The Morgan fingerprint density at radius 2 is 2.35 bits per heavy atom. The number of rotatable bonds is 4. The fraction of sp³-hybridized carbons (Fsp3) is 0.250. The van der Waals surface area contributed by atoms with Gasteiger partial charge in [-0.3, -0.25) is 4.79 Å². The number of hydrogen-bond donors (Lipinski definition) is 1. The average Bonchev–Trinajstić information content (AvgIpc) is 3.00. The summed E-state index contributed by atoms with van der Waals surface area (Å²) in [7, 11) is 0. The van der Waals surface area contributed by atoms with E-state index in [-0.39, 0.29) is 17.8 Å². The van der Waals surface area contributed by atoms with Crippen LogP contribution in [-0.2, 0) is 5.88 Å². The van der Waals surface area contributed by atoms with Crippen LogP contribution < -0.4 is 5.32 Å². The summed E-state index contributed by atoms with van der Waals surface area (Å²) in [6.07, 6.45) is 0. The molecule has 2 aromatic rings. The molecule has 2 aromatic heterocycles. The highest BCUT2D eigenvalue weighted by Gasteiger charge is 2.15. The molecule has 1 atom stereocenters. The maximum Gasteiger partial charge on any atom is 0.287 e. The van der Waals surface area contributed by atoms with Crippen LogP contribution in [0.15, 0.2) is 34.1 Å². The number of carbonyl (C=O) groups excluding carboxylic acids is 1. The lowest BCUT2D eigenvalue weighted by molar-refractivity contribution is 0.0911. The lowest BCUT2D eigenvalue weighted by atomic mass is 10.2. The number of carbonyl (C=O) groups is 1. The summed E-state index contributed by atoms with van der Waals surface area (Å²) in [5.41, 5.74) is 0. The van der Waals surface area contributed by atoms with E-state index in [4.69, 9.17) is 16.0 Å². The zero-order chi connectivity index (χ0) is 12.3. The predicted octanol–water partition coefficient (Wildman–Crippen LogP) is 3.57. The molecule has 0 aliphatic heterocycles. The second kappa shape index (κ2) is 5.38. The molecule has 0 saturated carbocycles. The highest BCUT2D eigenvalue weighted by Crippen LogP contribution is 2.19. The lowest BCUT2D eigenvalue weighted by Gasteiger charge is -2.10. The first-order valence-corrected chi connectivity index (χ1v) is 6.61. The third kappa shape index (κ3) is 2.90. The molecule has 1 N–H and O–H groups in total. The van der Waals surface area contributed by atoms with Crippen LogP contribution in [0.25, 0.3) is 0 Å². The van der Waals surface area contributed by atoms with E-state index in [1.807, 2.05) is 24.4 Å². The molecule has 0 saturated heterocycles. The van der Waals surface area contributed by atoms with Gasteiger partial charge in [0, 0.05) is 4.88 Å². The molecule has 5 heteroatoms. The smallest absolute Gasteiger partial charge is 0.287 e. The molecule has 1 unspecified atom stereocenters. The first-order valence-electron chi connectivity index (χ1n) is 5.19. The molecule has 0 aliphatic carbocycles. The van der Waals surface area contributed by atoms with Crippen LogP contribution in [0.2, 0.25) is 0 Å². The van der Waals surface area contributed by atoms with Gasteiger partial charge in [0.1, 0.15) is 5.76 Å². The van der Waals surface area contributed by atoms with Gasteiger partial charge in [-0.1, -0.05) is 6.07 Å². The number of nitrogens with one attached hydrogen (secondary N) is 1. The zero-order valence-electron chi connectivity index (χ0n) is 9.27. The maximum atomic E-state index is 11.8. The van der Waals surface area contributed by atoms with Crippen molar-refractivity contribution in [3.63, 3.8) is 0 Å². The Hall–Kier alpha value is -1.26. The molecule has 0 bridgehead atoms. The fourth-order valence-electron chi connectivity index (χ4n) is 1.45. The molecule has 0 fully saturated rings. The van der Waals surface area contributed by atoms with Gasteiger partial charge in [0.15, 0.2) is 5.76 Å². The Morgan fingerprint density at radius 1 is 1.53 bits per heavy atom. The van der Waals surface area contributed by atoms with E-state index in [0.29, 0.717) is 11.5 Å². The van der Waals surface area contributed by atoms with Gasteiger partial charge in [-0.2, -0.15) is 0 Å². The molecule has 17 heavy (non-hydrogen) atoms. The van der Waals surface area contributed by atoms with Crippen molar-refractivity contribution in [2.24, 2.45) is 0 Å². The van der Waals surface area contributed by atoms with Crippen LogP contribution in [0.5, 0.6) is 0 Å². The van der Waals surface area contributed by atoms with Crippen LogP contribution in [0.1, 0.15) is 34.2 Å². The lowest BCUT2D eigenvalue weighted by Crippen LogP contribution is -2.25. The normalized spacial score (nSPS) is 12.4. The summed E-state index contributed by atoms with van der Waals surface area (Å²) in [4.78, 5) is 12.9. The molecule has 1 amide bonds. The molecule has 3 nitrogen and oxygen atoms in total. The van der Waals surface area contributed by atoms with E-state index in [2.05, 4.69) is 5.32 Å². The van der Waals surface area contributed by atoms with Crippen LogP contribution in [0, 0.1) is 0 Å². The summed E-state index contributed by atoms with van der Waals surface area (Å²) < 4.78 is 5.27. The van der Waals surface area contributed by atoms with E-state index in [1.165, 1.54) is 0 Å². The SMILES string of the molecule is CC(NC(=O)c1ccc(CCl)o1)c1cccs1. The largest absolute Gasteiger partial charge is 0.455 e. The molecular formula is C12H12ClNO2S. The summed E-state index contributed by atoms with van der Waals surface area (Å²) in [6.45, 7) is 1.94. The van der Waals surface area contributed by atoms with Gasteiger partial charge < -0.3 is 9.73 Å². The van der Waals surface area contributed by atoms with E-state index < -0.39 is 0 Å². The van der Waals surface area contributed by atoms with E-state index in [1.54, 1.807) is 23.5 Å². The van der Waals surface area contributed by atoms with Crippen molar-refractivity contribution in [3.05, 3.63) is 46.0 Å². The number of hydrogen-bond acceptors (Lipinski definition) is 3. The minimum Gasteiger partial charge on any atom is -0.455 e. The standard InChI is InChI=1S/C12H12ClNO2S/c1-8(11-3-2-6-17-11)14-12(15)10-5-4-9(7-13)16-10/h2-6,8H,7H2,1H3,(H,14,15). The molecule has 90 valence electrons. The monoisotopic (exact) mass is 269 g/mol. The van der Waals surface area contributed by atoms with Crippen molar-refractivity contribution in [1.29, 1.82) is 0 Å². The quantitative estimate of drug-likeness (QED) is 0.862. The Morgan fingerprint density at radius 3 is 2.94 bits per heavy atom. The Kier molecular flexibility index (Phi) is 3.86. The third-order valence-corrected chi connectivity index (χ3v) is 3.65. The topological polar surface area (TPSA) is 42.2 Å². The molecule has 0 aliphatic rings. The number of amides is 1. The summed E-state index contributed by atoms with van der Waals surface area (Å²) in [5, 5.41) is 4.85. The van der Waals surface area contributed by atoms with Crippen molar-refractivity contribution in [3.8, 4) is 0 Å². The Balaban J connectivity index is 2.01. The van der Waals surface area contributed by atoms with Gasteiger partial charge in [-0.25, -0.2) is 0 Å². The summed E-state index contributed by atoms with van der Waals surface area (Å²) >= 11 is 7.22. The molecule has 2 rings (SSSR count). The maximum absolute atomic E-state index is 11.8. The second-order valence-electron chi connectivity index (χ2n) is 3.61. The highest BCUT2D eigenvalue weighted by atomic mass is 35.5. The fourth-order valence-corrected chi connectivity index (χ4v) is 2.33. The van der Waals surface area contributed by atoms with Crippen molar-refractivity contribution >= 4 is 28.8 Å².